The zero-order valence-corrected chi connectivity index (χ0v) is 15.1. The summed E-state index contributed by atoms with van der Waals surface area (Å²) in [4.78, 5) is 49.0. The van der Waals surface area contributed by atoms with Crippen molar-refractivity contribution in [3.63, 3.8) is 0 Å². The van der Waals surface area contributed by atoms with Gasteiger partial charge in [-0.2, -0.15) is 0 Å². The number of carbonyl (C=O) groups excluding carboxylic acids is 4. The van der Waals surface area contributed by atoms with Crippen LogP contribution in [-0.4, -0.2) is 49.4 Å². The summed E-state index contributed by atoms with van der Waals surface area (Å²) in [5.41, 5.74) is 5.35. The number of nitrogens with zero attached hydrogens (tertiary/aromatic N) is 1. The van der Waals surface area contributed by atoms with Gasteiger partial charge in [0.15, 0.2) is 6.04 Å². The molecule has 3 rings (SSSR count). The van der Waals surface area contributed by atoms with Crippen LogP contribution >= 0.6 is 0 Å². The monoisotopic (exact) mass is 392 g/mol. The summed E-state index contributed by atoms with van der Waals surface area (Å²) < 4.78 is 19.5. The van der Waals surface area contributed by atoms with Gasteiger partial charge in [0, 0.05) is 18.2 Å². The highest BCUT2D eigenvalue weighted by atomic mass is 19.1. The lowest BCUT2D eigenvalue weighted by atomic mass is 9.84. The van der Waals surface area contributed by atoms with E-state index in [2.05, 4.69) is 10.6 Å². The highest BCUT2D eigenvalue weighted by Gasteiger charge is 2.32. The second-order valence-corrected chi connectivity index (χ2v) is 6.73. The lowest BCUT2D eigenvalue weighted by Crippen LogP contribution is -2.53. The molecule has 0 radical (unpaired) electrons. The van der Waals surface area contributed by atoms with Gasteiger partial charge in [-0.1, -0.05) is 6.42 Å². The average Bonchev–Trinajstić information content (AvgIpc) is 2.59. The van der Waals surface area contributed by atoms with Crippen LogP contribution in [0.5, 0.6) is 0 Å². The molecule has 1 saturated heterocycles. The predicted molar refractivity (Wildman–Crippen MR) is 96.7 cm³/mol. The summed E-state index contributed by atoms with van der Waals surface area (Å²) in [6.45, 7) is 0.391. The summed E-state index contributed by atoms with van der Waals surface area (Å²) in [7, 11) is 0. The van der Waals surface area contributed by atoms with E-state index in [0.717, 1.165) is 12.5 Å². The summed E-state index contributed by atoms with van der Waals surface area (Å²) in [6.07, 6.45) is 2.32. The Morgan fingerprint density at radius 3 is 2.61 bits per heavy atom. The number of benzene rings is 1. The van der Waals surface area contributed by atoms with E-state index in [4.69, 9.17) is 10.5 Å². The minimum atomic E-state index is -1.56. The lowest BCUT2D eigenvalue weighted by molar-refractivity contribution is -0.136. The summed E-state index contributed by atoms with van der Waals surface area (Å²) in [6, 6.07) is 2.21. The minimum Gasteiger partial charge on any atom is -0.370 e. The van der Waals surface area contributed by atoms with Crippen LogP contribution < -0.4 is 21.3 Å². The molecular weight excluding hydrogens is 371 g/mol. The third-order valence-corrected chi connectivity index (χ3v) is 4.80. The van der Waals surface area contributed by atoms with Gasteiger partial charge < -0.3 is 26.0 Å². The first-order chi connectivity index (χ1) is 13.4. The Hall–Kier alpha value is -3.01. The van der Waals surface area contributed by atoms with Crippen LogP contribution in [0.1, 0.15) is 19.3 Å². The Morgan fingerprint density at radius 2 is 2.04 bits per heavy atom. The van der Waals surface area contributed by atoms with Gasteiger partial charge in [0.1, 0.15) is 12.4 Å². The van der Waals surface area contributed by atoms with Crippen molar-refractivity contribution in [2.45, 2.75) is 25.3 Å². The Morgan fingerprint density at radius 1 is 1.29 bits per heavy atom. The molecule has 1 aliphatic heterocycles. The SMILES string of the molecule is NC(=O)[C@H](NC(=O)C1CCC1)C(=O)Nc1ccc(N2CCOCC2=O)c(F)c1. The number of morpholine rings is 1. The van der Waals surface area contributed by atoms with E-state index in [1.165, 1.54) is 17.0 Å². The highest BCUT2D eigenvalue weighted by Crippen LogP contribution is 2.27. The molecule has 9 nitrogen and oxygen atoms in total. The molecule has 2 aliphatic rings. The van der Waals surface area contributed by atoms with Crippen LogP contribution in [0, 0.1) is 11.7 Å². The van der Waals surface area contributed by atoms with E-state index < -0.39 is 29.6 Å². The number of ether oxygens (including phenoxy) is 1. The molecule has 1 aromatic rings. The Bertz CT molecular complexity index is 811. The Kier molecular flexibility index (Phi) is 5.88. The van der Waals surface area contributed by atoms with Crippen LogP contribution in [0.25, 0.3) is 0 Å². The quantitative estimate of drug-likeness (QED) is 0.582. The molecule has 1 aliphatic carbocycles. The maximum atomic E-state index is 14.4. The van der Waals surface area contributed by atoms with Crippen molar-refractivity contribution in [2.24, 2.45) is 11.7 Å². The standard InChI is InChI=1S/C18H21FN4O5/c19-12-8-11(4-5-13(12)23-6-7-28-9-14(23)24)21-18(27)15(16(20)25)22-17(26)10-2-1-3-10/h4-5,8,10,15H,1-3,6-7,9H2,(H2,20,25)(H,21,27)(H,22,26)/t15-/m0/s1. The van der Waals surface area contributed by atoms with Crippen molar-refractivity contribution in [1.29, 1.82) is 0 Å². The number of rotatable bonds is 6. The topological polar surface area (TPSA) is 131 Å². The lowest BCUT2D eigenvalue weighted by Gasteiger charge is -2.27. The number of anilines is 2. The molecule has 1 heterocycles. The fourth-order valence-corrected chi connectivity index (χ4v) is 2.99. The van der Waals surface area contributed by atoms with Gasteiger partial charge in [0.2, 0.25) is 11.8 Å². The molecule has 1 aromatic carbocycles. The maximum Gasteiger partial charge on any atom is 0.256 e. The van der Waals surface area contributed by atoms with E-state index in [-0.39, 0.29) is 36.4 Å². The summed E-state index contributed by atoms with van der Waals surface area (Å²) >= 11 is 0. The van der Waals surface area contributed by atoms with Crippen LogP contribution in [0.2, 0.25) is 0 Å². The number of nitrogens with two attached hydrogens (primary N) is 1. The maximum absolute atomic E-state index is 14.4. The third kappa shape index (κ3) is 4.28. The van der Waals surface area contributed by atoms with Gasteiger partial charge >= 0.3 is 0 Å². The number of halogens is 1. The molecule has 0 aromatic heterocycles. The number of hydrogen-bond acceptors (Lipinski definition) is 5. The summed E-state index contributed by atoms with van der Waals surface area (Å²) in [5, 5.41) is 4.70. The first-order valence-corrected chi connectivity index (χ1v) is 8.95. The molecule has 10 heteroatoms. The molecule has 1 atom stereocenters. The molecule has 28 heavy (non-hydrogen) atoms. The molecule has 4 N–H and O–H groups in total. The fraction of sp³-hybridized carbons (Fsp3) is 0.444. The van der Waals surface area contributed by atoms with Crippen molar-refractivity contribution in [3.8, 4) is 0 Å². The third-order valence-electron chi connectivity index (χ3n) is 4.80. The van der Waals surface area contributed by atoms with E-state index in [1.54, 1.807) is 0 Å². The zero-order chi connectivity index (χ0) is 20.3. The normalized spacial score (nSPS) is 18.2. The van der Waals surface area contributed by atoms with Gasteiger partial charge in [0.05, 0.1) is 12.3 Å². The van der Waals surface area contributed by atoms with Gasteiger partial charge in [-0.25, -0.2) is 4.39 Å². The molecule has 150 valence electrons. The van der Waals surface area contributed by atoms with Gasteiger partial charge in [-0.15, -0.1) is 0 Å². The molecule has 0 unspecified atom stereocenters. The molecule has 2 fully saturated rings. The van der Waals surface area contributed by atoms with Crippen LogP contribution in [0.4, 0.5) is 15.8 Å². The fourth-order valence-electron chi connectivity index (χ4n) is 2.99. The number of carbonyl (C=O) groups is 4. The van der Waals surface area contributed by atoms with E-state index in [1.807, 2.05) is 0 Å². The second-order valence-electron chi connectivity index (χ2n) is 6.73. The highest BCUT2D eigenvalue weighted by molar-refractivity contribution is 6.11. The number of hydrogen-bond donors (Lipinski definition) is 3. The Labute approximate surface area is 160 Å². The first kappa shape index (κ1) is 19.7. The van der Waals surface area contributed by atoms with Crippen molar-refractivity contribution in [3.05, 3.63) is 24.0 Å². The predicted octanol–water partition coefficient (Wildman–Crippen LogP) is -0.102. The van der Waals surface area contributed by atoms with E-state index in [0.29, 0.717) is 19.4 Å². The smallest absolute Gasteiger partial charge is 0.256 e. The first-order valence-electron chi connectivity index (χ1n) is 8.95. The molecule has 0 spiro atoms. The zero-order valence-electron chi connectivity index (χ0n) is 15.1. The van der Waals surface area contributed by atoms with Gasteiger partial charge in [-0.3, -0.25) is 19.2 Å². The van der Waals surface area contributed by atoms with Crippen molar-refractivity contribution >= 4 is 35.0 Å². The van der Waals surface area contributed by atoms with Gasteiger partial charge in [0.25, 0.3) is 11.8 Å². The second kappa shape index (κ2) is 8.34. The largest absolute Gasteiger partial charge is 0.370 e. The number of nitrogens with one attached hydrogen (secondary N) is 2. The van der Waals surface area contributed by atoms with Crippen molar-refractivity contribution in [1.82, 2.24) is 5.32 Å². The number of primary amides is 1. The number of amides is 4. The average molecular weight is 392 g/mol. The summed E-state index contributed by atoms with van der Waals surface area (Å²) in [5.74, 6) is -3.59. The van der Waals surface area contributed by atoms with Crippen LogP contribution in [0.15, 0.2) is 18.2 Å². The Balaban J connectivity index is 1.68. The minimum absolute atomic E-state index is 0.0658. The van der Waals surface area contributed by atoms with Crippen LogP contribution in [0.3, 0.4) is 0 Å². The van der Waals surface area contributed by atoms with Gasteiger partial charge in [-0.05, 0) is 31.0 Å². The van der Waals surface area contributed by atoms with E-state index >= 15 is 0 Å². The molecule has 4 amide bonds. The van der Waals surface area contributed by atoms with Crippen molar-refractivity contribution < 1.29 is 28.3 Å². The van der Waals surface area contributed by atoms with Crippen molar-refractivity contribution in [2.75, 3.05) is 30.0 Å². The molecule has 1 saturated carbocycles. The van der Waals surface area contributed by atoms with E-state index in [9.17, 15) is 23.6 Å². The molecular formula is C18H21FN4O5. The molecule has 0 bridgehead atoms. The van der Waals surface area contributed by atoms with Crippen LogP contribution in [-0.2, 0) is 23.9 Å².